The van der Waals surface area contributed by atoms with Crippen LogP contribution in [0.25, 0.3) is 0 Å². The van der Waals surface area contributed by atoms with Crippen molar-refractivity contribution in [1.82, 2.24) is 10.3 Å². The Kier molecular flexibility index (Phi) is 3.92. The van der Waals surface area contributed by atoms with Gasteiger partial charge in [-0.25, -0.2) is 4.79 Å². The van der Waals surface area contributed by atoms with E-state index in [0.717, 1.165) is 5.69 Å². The molecule has 0 unspecified atom stereocenters. The maximum Gasteiger partial charge on any atom is 0.408 e. The average Bonchev–Trinajstić information content (AvgIpc) is 2.70. The van der Waals surface area contributed by atoms with E-state index < -0.39 is 17.7 Å². The molecular weight excluding hydrogens is 258 g/mol. The first-order chi connectivity index (χ1) is 9.37. The summed E-state index contributed by atoms with van der Waals surface area (Å²) in [5, 5.41) is 2.61. The van der Waals surface area contributed by atoms with Crippen molar-refractivity contribution in [2.75, 3.05) is 11.4 Å². The summed E-state index contributed by atoms with van der Waals surface area (Å²) in [5.74, 6) is -0.135. The summed E-state index contributed by atoms with van der Waals surface area (Å²) in [6.45, 7) is 5.91. The molecule has 1 aromatic heterocycles. The van der Waals surface area contributed by atoms with Gasteiger partial charge in [0.1, 0.15) is 11.6 Å². The van der Waals surface area contributed by atoms with Crippen LogP contribution in [0, 0.1) is 0 Å². The SMILES string of the molecule is CC(C)(C)OC(=O)N[C@H]1CCN(c2cccnc2)C1=O. The summed E-state index contributed by atoms with van der Waals surface area (Å²) in [6.07, 6.45) is 3.28. The molecule has 2 rings (SSSR count). The lowest BCUT2D eigenvalue weighted by Crippen LogP contribution is -2.43. The Hall–Kier alpha value is -2.11. The molecule has 1 aliphatic rings. The summed E-state index contributed by atoms with van der Waals surface area (Å²) < 4.78 is 5.16. The fourth-order valence-electron chi connectivity index (χ4n) is 2.03. The van der Waals surface area contributed by atoms with Crippen LogP contribution in [-0.2, 0) is 9.53 Å². The number of alkyl carbamates (subject to hydrolysis) is 1. The molecule has 6 heteroatoms. The van der Waals surface area contributed by atoms with Gasteiger partial charge in [0.2, 0.25) is 5.91 Å². The maximum absolute atomic E-state index is 12.2. The number of nitrogens with one attached hydrogen (secondary N) is 1. The first-order valence-corrected chi connectivity index (χ1v) is 6.58. The van der Waals surface area contributed by atoms with Crippen LogP contribution in [0.5, 0.6) is 0 Å². The molecule has 0 bridgehead atoms. The molecule has 1 fully saturated rings. The average molecular weight is 277 g/mol. The third-order valence-corrected chi connectivity index (χ3v) is 2.85. The van der Waals surface area contributed by atoms with Gasteiger partial charge in [0.15, 0.2) is 0 Å². The van der Waals surface area contributed by atoms with Crippen LogP contribution in [-0.4, -0.2) is 35.2 Å². The predicted molar refractivity (Wildman–Crippen MR) is 74.4 cm³/mol. The van der Waals surface area contributed by atoms with Crippen LogP contribution in [0.4, 0.5) is 10.5 Å². The predicted octanol–water partition coefficient (Wildman–Crippen LogP) is 1.71. The zero-order valence-electron chi connectivity index (χ0n) is 11.9. The first-order valence-electron chi connectivity index (χ1n) is 6.58. The number of aromatic nitrogens is 1. The number of anilines is 1. The minimum atomic E-state index is -0.575. The molecule has 2 heterocycles. The lowest BCUT2D eigenvalue weighted by atomic mass is 10.2. The molecular formula is C14H19N3O3. The third-order valence-electron chi connectivity index (χ3n) is 2.85. The standard InChI is InChI=1S/C14H19N3O3/c1-14(2,3)20-13(19)16-11-6-8-17(12(11)18)10-5-4-7-15-9-10/h4-5,7,9,11H,6,8H2,1-3H3,(H,16,19)/t11-/m0/s1. The molecule has 6 nitrogen and oxygen atoms in total. The molecule has 0 aromatic carbocycles. The highest BCUT2D eigenvalue weighted by Crippen LogP contribution is 2.20. The third kappa shape index (κ3) is 3.46. The van der Waals surface area contributed by atoms with E-state index in [1.165, 1.54) is 0 Å². The van der Waals surface area contributed by atoms with Gasteiger partial charge in [0.25, 0.3) is 0 Å². The van der Waals surface area contributed by atoms with E-state index >= 15 is 0 Å². The molecule has 0 radical (unpaired) electrons. The fraction of sp³-hybridized carbons (Fsp3) is 0.500. The molecule has 0 spiro atoms. The molecule has 1 aliphatic heterocycles. The quantitative estimate of drug-likeness (QED) is 0.893. The molecule has 1 N–H and O–H groups in total. The Bertz CT molecular complexity index is 496. The van der Waals surface area contributed by atoms with Gasteiger partial charge in [-0.15, -0.1) is 0 Å². The van der Waals surface area contributed by atoms with Crippen LogP contribution in [0.2, 0.25) is 0 Å². The number of hydrogen-bond donors (Lipinski definition) is 1. The summed E-state index contributed by atoms with van der Waals surface area (Å²) in [4.78, 5) is 29.5. The van der Waals surface area contributed by atoms with Crippen LogP contribution >= 0.6 is 0 Å². The van der Waals surface area contributed by atoms with Gasteiger partial charge in [-0.05, 0) is 39.3 Å². The summed E-state index contributed by atoms with van der Waals surface area (Å²) >= 11 is 0. The Morgan fingerprint density at radius 3 is 2.85 bits per heavy atom. The van der Waals surface area contributed by atoms with Crippen molar-refractivity contribution >= 4 is 17.7 Å². The van der Waals surface area contributed by atoms with E-state index in [0.29, 0.717) is 13.0 Å². The smallest absolute Gasteiger partial charge is 0.408 e. The second-order valence-corrected chi connectivity index (χ2v) is 5.69. The molecule has 20 heavy (non-hydrogen) atoms. The fourth-order valence-corrected chi connectivity index (χ4v) is 2.03. The summed E-state index contributed by atoms with van der Waals surface area (Å²) in [5.41, 5.74) is 0.167. The molecule has 108 valence electrons. The molecule has 1 atom stereocenters. The van der Waals surface area contributed by atoms with Crippen molar-refractivity contribution in [3.8, 4) is 0 Å². The molecule has 1 saturated heterocycles. The van der Waals surface area contributed by atoms with Crippen LogP contribution in [0.3, 0.4) is 0 Å². The number of rotatable bonds is 2. The van der Waals surface area contributed by atoms with Crippen molar-refractivity contribution in [3.05, 3.63) is 24.5 Å². The minimum Gasteiger partial charge on any atom is -0.444 e. The zero-order valence-corrected chi connectivity index (χ0v) is 11.9. The van der Waals surface area contributed by atoms with Gasteiger partial charge < -0.3 is 15.0 Å². The highest BCUT2D eigenvalue weighted by Gasteiger charge is 2.34. The van der Waals surface area contributed by atoms with Gasteiger partial charge in [0, 0.05) is 12.7 Å². The van der Waals surface area contributed by atoms with E-state index in [-0.39, 0.29) is 5.91 Å². The Morgan fingerprint density at radius 1 is 1.50 bits per heavy atom. The summed E-state index contributed by atoms with van der Waals surface area (Å²) in [7, 11) is 0. The number of nitrogens with zero attached hydrogens (tertiary/aromatic N) is 2. The molecule has 0 aliphatic carbocycles. The van der Waals surface area contributed by atoms with Gasteiger partial charge in [-0.1, -0.05) is 0 Å². The van der Waals surface area contributed by atoms with Crippen molar-refractivity contribution in [3.63, 3.8) is 0 Å². The van der Waals surface area contributed by atoms with Crippen LogP contribution in [0.1, 0.15) is 27.2 Å². The number of ether oxygens (including phenoxy) is 1. The van der Waals surface area contributed by atoms with Gasteiger partial charge in [-0.3, -0.25) is 9.78 Å². The van der Waals surface area contributed by atoms with Crippen molar-refractivity contribution in [2.45, 2.75) is 38.8 Å². The van der Waals surface area contributed by atoms with Crippen LogP contribution < -0.4 is 10.2 Å². The van der Waals surface area contributed by atoms with Crippen molar-refractivity contribution < 1.29 is 14.3 Å². The number of pyridine rings is 1. The van der Waals surface area contributed by atoms with Gasteiger partial charge >= 0.3 is 6.09 Å². The Balaban J connectivity index is 1.97. The first kappa shape index (κ1) is 14.3. The normalized spacial score (nSPS) is 19.1. The lowest BCUT2D eigenvalue weighted by molar-refractivity contribution is -0.118. The number of amides is 2. The molecule has 2 amide bonds. The van der Waals surface area contributed by atoms with Gasteiger partial charge in [-0.2, -0.15) is 0 Å². The molecule has 0 saturated carbocycles. The monoisotopic (exact) mass is 277 g/mol. The number of carbonyl (C=O) groups excluding carboxylic acids is 2. The topological polar surface area (TPSA) is 71.5 Å². The largest absolute Gasteiger partial charge is 0.444 e. The molecule has 1 aromatic rings. The van der Waals surface area contributed by atoms with E-state index in [4.69, 9.17) is 4.74 Å². The summed E-state index contributed by atoms with van der Waals surface area (Å²) in [6, 6.07) is 3.06. The maximum atomic E-state index is 12.2. The van der Waals surface area contributed by atoms with E-state index in [1.807, 2.05) is 6.07 Å². The van der Waals surface area contributed by atoms with E-state index in [1.54, 1.807) is 44.1 Å². The van der Waals surface area contributed by atoms with Crippen LogP contribution in [0.15, 0.2) is 24.5 Å². The second kappa shape index (κ2) is 5.48. The number of hydrogen-bond acceptors (Lipinski definition) is 4. The highest BCUT2D eigenvalue weighted by atomic mass is 16.6. The Labute approximate surface area is 118 Å². The van der Waals surface area contributed by atoms with E-state index in [9.17, 15) is 9.59 Å². The number of carbonyl (C=O) groups is 2. The van der Waals surface area contributed by atoms with E-state index in [2.05, 4.69) is 10.3 Å². The Morgan fingerprint density at radius 2 is 2.25 bits per heavy atom. The van der Waals surface area contributed by atoms with Crippen molar-refractivity contribution in [1.29, 1.82) is 0 Å². The van der Waals surface area contributed by atoms with Crippen molar-refractivity contribution in [2.24, 2.45) is 0 Å². The zero-order chi connectivity index (χ0) is 14.8. The minimum absolute atomic E-state index is 0.135. The second-order valence-electron chi connectivity index (χ2n) is 5.69. The van der Waals surface area contributed by atoms with Gasteiger partial charge in [0.05, 0.1) is 11.9 Å². The lowest BCUT2D eigenvalue weighted by Gasteiger charge is -2.21. The highest BCUT2D eigenvalue weighted by molar-refractivity contribution is 6.00.